The van der Waals surface area contributed by atoms with Crippen molar-refractivity contribution in [2.75, 3.05) is 16.3 Å². The molecule has 3 saturated heterocycles. The van der Waals surface area contributed by atoms with Gasteiger partial charge in [-0.15, -0.1) is 0 Å². The molecule has 5 heterocycles. The highest BCUT2D eigenvalue weighted by molar-refractivity contribution is 8.14. The lowest BCUT2D eigenvalue weighted by Crippen LogP contribution is -2.75. The van der Waals surface area contributed by atoms with Crippen LogP contribution in [0, 0.1) is 11.2 Å². The fraction of sp³-hybridized carbons (Fsp3) is 0.560. The highest BCUT2D eigenvalue weighted by Crippen LogP contribution is 2.51. The molecule has 11 nitrogen and oxygen atoms in total. The summed E-state index contributed by atoms with van der Waals surface area (Å²) >= 11 is 1.28. The molecule has 1 spiro atoms. The molecule has 0 unspecified atom stereocenters. The first kappa shape index (κ1) is 23.9. The van der Waals surface area contributed by atoms with Gasteiger partial charge >= 0.3 is 6.03 Å². The molecule has 0 bridgehead atoms. The number of barbiturate groups is 1. The van der Waals surface area contributed by atoms with E-state index in [-0.39, 0.29) is 52.7 Å². The molecule has 7 rings (SSSR count). The minimum atomic E-state index is -1.73. The van der Waals surface area contributed by atoms with Crippen LogP contribution < -0.4 is 20.4 Å². The molecule has 1 aliphatic carbocycles. The number of ether oxygens (including phenoxy) is 1. The summed E-state index contributed by atoms with van der Waals surface area (Å²) in [5.74, 6) is -1.91. The quantitative estimate of drug-likeness (QED) is 0.521. The topological polar surface area (TPSA) is 134 Å². The lowest BCUT2D eigenvalue weighted by Gasteiger charge is -2.55. The van der Waals surface area contributed by atoms with Gasteiger partial charge in [-0.1, -0.05) is 29.8 Å². The molecule has 2 N–H and O–H groups in total. The number of hydrogen-bond acceptors (Lipinski definition) is 9. The van der Waals surface area contributed by atoms with Crippen molar-refractivity contribution in [3.63, 3.8) is 0 Å². The number of thioether (sulfide) groups is 1. The fourth-order valence-electron chi connectivity index (χ4n) is 7.19. The summed E-state index contributed by atoms with van der Waals surface area (Å²) in [6.45, 7) is 3.78. The zero-order valence-corrected chi connectivity index (χ0v) is 21.6. The zero-order chi connectivity index (χ0) is 26.5. The third-order valence-electron chi connectivity index (χ3n) is 8.62. The van der Waals surface area contributed by atoms with Crippen molar-refractivity contribution in [2.24, 2.45) is 5.41 Å². The van der Waals surface area contributed by atoms with Crippen LogP contribution in [-0.2, 0) is 20.7 Å². The number of carbonyl (C=O) groups is 4. The van der Waals surface area contributed by atoms with Crippen molar-refractivity contribution in [2.45, 2.75) is 75.5 Å². The molecule has 13 heteroatoms. The number of rotatable bonds is 1. The number of aromatic nitrogens is 1. The van der Waals surface area contributed by atoms with E-state index in [9.17, 15) is 19.2 Å². The lowest BCUT2D eigenvalue weighted by atomic mass is 9.66. The summed E-state index contributed by atoms with van der Waals surface area (Å²) in [5.41, 5.74) is -1.19. The number of anilines is 2. The maximum absolute atomic E-state index is 16.3. The van der Waals surface area contributed by atoms with Crippen molar-refractivity contribution in [1.29, 1.82) is 0 Å². The van der Waals surface area contributed by atoms with Crippen LogP contribution in [0.4, 0.5) is 25.5 Å². The number of imide groups is 2. The summed E-state index contributed by atoms with van der Waals surface area (Å²) in [7, 11) is 0. The maximum Gasteiger partial charge on any atom is 0.328 e. The number of benzene rings is 1. The first-order valence-corrected chi connectivity index (χ1v) is 13.8. The number of halogens is 1. The molecule has 0 radical (unpaired) electrons. The molecule has 38 heavy (non-hydrogen) atoms. The Balaban J connectivity index is 1.41. The van der Waals surface area contributed by atoms with Gasteiger partial charge in [-0.2, -0.15) is 0 Å². The van der Waals surface area contributed by atoms with E-state index in [0.717, 1.165) is 25.7 Å². The van der Waals surface area contributed by atoms with E-state index in [0.29, 0.717) is 10.9 Å². The molecule has 2 aromatic rings. The summed E-state index contributed by atoms with van der Waals surface area (Å²) in [6.07, 6.45) is 2.70. The number of carbonyl (C=O) groups excluding carboxylic acids is 4. The van der Waals surface area contributed by atoms with Crippen molar-refractivity contribution in [1.82, 2.24) is 15.8 Å². The van der Waals surface area contributed by atoms with Gasteiger partial charge in [-0.3, -0.25) is 29.9 Å². The number of nitrogens with zero attached hydrogens (tertiary/aromatic N) is 3. The Kier molecular flexibility index (Phi) is 5.13. The first-order chi connectivity index (χ1) is 18.2. The van der Waals surface area contributed by atoms with E-state index in [1.54, 1.807) is 22.8 Å². The minimum absolute atomic E-state index is 0.0498. The summed E-state index contributed by atoms with van der Waals surface area (Å²) in [6, 6.07) is -0.136. The second-order valence-corrected chi connectivity index (χ2v) is 12.1. The molecular formula is C25H26FN5O6S. The molecule has 4 aliphatic heterocycles. The number of amides is 5. The minimum Gasteiger partial charge on any atom is -0.372 e. The largest absolute Gasteiger partial charge is 0.372 e. The van der Waals surface area contributed by atoms with Gasteiger partial charge in [-0.25, -0.2) is 9.18 Å². The van der Waals surface area contributed by atoms with E-state index in [1.165, 1.54) is 11.8 Å². The molecule has 200 valence electrons. The Bertz CT molecular complexity index is 1410. The summed E-state index contributed by atoms with van der Waals surface area (Å²) in [5, 5.41) is 8.95. The molecule has 4 fully saturated rings. The molecule has 1 aromatic carbocycles. The molecule has 5 atom stereocenters. The number of hydrogen-bond donors (Lipinski definition) is 2. The number of nitrogens with one attached hydrogen (secondary N) is 2. The van der Waals surface area contributed by atoms with Gasteiger partial charge in [0.25, 0.3) is 5.24 Å². The van der Waals surface area contributed by atoms with Crippen LogP contribution in [0.25, 0.3) is 11.0 Å². The van der Waals surface area contributed by atoms with Gasteiger partial charge in [0.05, 0.1) is 35.4 Å². The average Bonchev–Trinajstić information content (AvgIpc) is 3.41. The van der Waals surface area contributed by atoms with E-state index in [1.807, 2.05) is 6.92 Å². The fourth-order valence-corrected chi connectivity index (χ4v) is 8.48. The third kappa shape index (κ3) is 3.08. The van der Waals surface area contributed by atoms with Gasteiger partial charge in [0.1, 0.15) is 0 Å². The monoisotopic (exact) mass is 543 g/mol. The van der Waals surface area contributed by atoms with Gasteiger partial charge in [-0.05, 0) is 38.3 Å². The smallest absolute Gasteiger partial charge is 0.328 e. The standard InChI is InChI=1S/C25H26FN5O6S/c1-10-9-30-17-12(8-25(19(30)11(2)36-10)21(32)27-23(34)28-22(25)33)7-13-18(16(17)26)37-29-20(13)31-14-5-3-4-6-15(14)38-24(31)35/h7,10-11,14-15,19H,3-6,8-9H2,1-2H3,(H2,27,28,32,33,34)/t10-,11+,14+,15-,19-/m1/s1. The number of morpholine rings is 1. The summed E-state index contributed by atoms with van der Waals surface area (Å²) in [4.78, 5) is 55.1. The molecule has 5 amide bonds. The van der Waals surface area contributed by atoms with Crippen LogP contribution in [0.1, 0.15) is 45.1 Å². The van der Waals surface area contributed by atoms with Crippen LogP contribution >= 0.6 is 11.8 Å². The van der Waals surface area contributed by atoms with Crippen LogP contribution in [0.5, 0.6) is 0 Å². The van der Waals surface area contributed by atoms with E-state index < -0.39 is 41.2 Å². The molecule has 1 aromatic heterocycles. The Morgan fingerprint density at radius 2 is 1.87 bits per heavy atom. The van der Waals surface area contributed by atoms with Crippen LogP contribution in [-0.4, -0.2) is 64.3 Å². The number of urea groups is 1. The van der Waals surface area contributed by atoms with E-state index >= 15 is 4.39 Å². The Morgan fingerprint density at radius 3 is 2.63 bits per heavy atom. The van der Waals surface area contributed by atoms with Gasteiger partial charge in [0.2, 0.25) is 17.4 Å². The molecular weight excluding hydrogens is 517 g/mol. The van der Waals surface area contributed by atoms with Crippen molar-refractivity contribution in [3.05, 3.63) is 17.4 Å². The van der Waals surface area contributed by atoms with Crippen molar-refractivity contribution < 1.29 is 32.8 Å². The second kappa shape index (κ2) is 8.15. The Hall–Kier alpha value is -3.19. The van der Waals surface area contributed by atoms with E-state index in [4.69, 9.17) is 9.26 Å². The SMILES string of the molecule is C[C@@H]1CN2c3c(cc4c(N5C(=O)S[C@@H]6CCCC[C@@H]65)noc4c3F)CC3(C(=O)NC(=O)NC3=O)[C@H]2[C@H](C)O1. The van der Waals surface area contributed by atoms with Gasteiger partial charge in [0.15, 0.2) is 17.1 Å². The van der Waals surface area contributed by atoms with Crippen molar-refractivity contribution >= 4 is 57.3 Å². The van der Waals surface area contributed by atoms with Crippen LogP contribution in [0.15, 0.2) is 10.6 Å². The Labute approximate surface area is 220 Å². The highest BCUT2D eigenvalue weighted by Gasteiger charge is 2.63. The number of fused-ring (bicyclic) bond motifs is 6. The first-order valence-electron chi connectivity index (χ1n) is 12.9. The van der Waals surface area contributed by atoms with Crippen LogP contribution in [0.2, 0.25) is 0 Å². The van der Waals surface area contributed by atoms with Gasteiger partial charge in [0, 0.05) is 18.2 Å². The second-order valence-electron chi connectivity index (χ2n) is 10.9. The maximum atomic E-state index is 16.3. The molecule has 5 aliphatic rings. The zero-order valence-electron chi connectivity index (χ0n) is 20.8. The lowest BCUT2D eigenvalue weighted by molar-refractivity contribution is -0.153. The highest BCUT2D eigenvalue weighted by atomic mass is 32.2. The third-order valence-corrected chi connectivity index (χ3v) is 9.87. The Morgan fingerprint density at radius 1 is 1.13 bits per heavy atom. The van der Waals surface area contributed by atoms with Crippen LogP contribution in [0.3, 0.4) is 0 Å². The average molecular weight is 544 g/mol. The predicted molar refractivity (Wildman–Crippen MR) is 134 cm³/mol. The summed E-state index contributed by atoms with van der Waals surface area (Å²) < 4.78 is 27.9. The van der Waals surface area contributed by atoms with E-state index in [2.05, 4.69) is 15.8 Å². The normalized spacial score (nSPS) is 32.2. The predicted octanol–water partition coefficient (Wildman–Crippen LogP) is 2.84. The van der Waals surface area contributed by atoms with Gasteiger partial charge < -0.3 is 14.2 Å². The molecule has 1 saturated carbocycles. The van der Waals surface area contributed by atoms with Crippen molar-refractivity contribution in [3.8, 4) is 0 Å².